The number of hydrogen-bond acceptors (Lipinski definition) is 6. The lowest BCUT2D eigenvalue weighted by Gasteiger charge is -2.48. The van der Waals surface area contributed by atoms with E-state index in [1.54, 1.807) is 12.4 Å². The van der Waals surface area contributed by atoms with Crippen LogP contribution in [0.25, 0.3) is 0 Å². The molecule has 0 saturated carbocycles. The summed E-state index contributed by atoms with van der Waals surface area (Å²) in [5.74, 6) is 0.807. The molecule has 0 amide bonds. The van der Waals surface area contributed by atoms with Crippen LogP contribution in [0.4, 0.5) is 5.95 Å². The second-order valence-electron chi connectivity index (χ2n) is 6.64. The van der Waals surface area contributed by atoms with E-state index in [-0.39, 0.29) is 5.60 Å². The van der Waals surface area contributed by atoms with Gasteiger partial charge in [-0.05, 0) is 31.0 Å². The standard InChI is InChI=1S/C18H23N5O/c1-2-7-19-16(5-1)13-22-11-12-24-18(14-22)6-3-10-23(15-18)17-20-8-4-9-21-17/h1-2,4-5,7-9H,3,6,10-15H2/t18-/m0/s1. The summed E-state index contributed by atoms with van der Waals surface area (Å²) in [6, 6.07) is 7.96. The van der Waals surface area contributed by atoms with Gasteiger partial charge in [-0.1, -0.05) is 6.07 Å². The average molecular weight is 325 g/mol. The van der Waals surface area contributed by atoms with Gasteiger partial charge >= 0.3 is 0 Å². The van der Waals surface area contributed by atoms with E-state index in [9.17, 15) is 0 Å². The topological polar surface area (TPSA) is 54.4 Å². The van der Waals surface area contributed by atoms with Crippen molar-refractivity contribution in [3.8, 4) is 0 Å². The molecule has 4 heterocycles. The first-order chi connectivity index (χ1) is 11.8. The van der Waals surface area contributed by atoms with E-state index >= 15 is 0 Å². The summed E-state index contributed by atoms with van der Waals surface area (Å²) in [5.41, 5.74) is 0.999. The van der Waals surface area contributed by atoms with Crippen molar-refractivity contribution in [2.75, 3.05) is 37.7 Å². The Morgan fingerprint density at radius 3 is 2.71 bits per heavy atom. The quantitative estimate of drug-likeness (QED) is 0.857. The predicted molar refractivity (Wildman–Crippen MR) is 91.7 cm³/mol. The number of pyridine rings is 1. The monoisotopic (exact) mass is 325 g/mol. The Balaban J connectivity index is 1.45. The molecule has 0 aromatic carbocycles. The van der Waals surface area contributed by atoms with Crippen molar-refractivity contribution in [3.63, 3.8) is 0 Å². The summed E-state index contributed by atoms with van der Waals surface area (Å²) in [4.78, 5) is 18.0. The van der Waals surface area contributed by atoms with Gasteiger partial charge < -0.3 is 9.64 Å². The zero-order valence-electron chi connectivity index (χ0n) is 13.8. The Kier molecular flexibility index (Phi) is 4.40. The van der Waals surface area contributed by atoms with Crippen LogP contribution >= 0.6 is 0 Å². The summed E-state index contributed by atoms with van der Waals surface area (Å²) < 4.78 is 6.27. The molecule has 1 atom stereocenters. The van der Waals surface area contributed by atoms with Crippen LogP contribution in [0, 0.1) is 0 Å². The third-order valence-corrected chi connectivity index (χ3v) is 4.81. The number of rotatable bonds is 3. The fraction of sp³-hybridized carbons (Fsp3) is 0.500. The normalized spacial score (nSPS) is 25.1. The van der Waals surface area contributed by atoms with Crippen LogP contribution in [-0.2, 0) is 11.3 Å². The zero-order valence-corrected chi connectivity index (χ0v) is 13.8. The summed E-state index contributed by atoms with van der Waals surface area (Å²) >= 11 is 0. The molecule has 4 rings (SSSR count). The lowest BCUT2D eigenvalue weighted by atomic mass is 9.90. The molecule has 2 aliphatic heterocycles. The SMILES string of the molecule is c1ccc(CN2CCO[C@@]3(CCCN(c4ncccn4)C3)C2)nc1. The fourth-order valence-electron chi connectivity index (χ4n) is 3.75. The van der Waals surface area contributed by atoms with Crippen LogP contribution in [0.2, 0.25) is 0 Å². The van der Waals surface area contributed by atoms with E-state index in [1.165, 1.54) is 0 Å². The van der Waals surface area contributed by atoms with Gasteiger partial charge in [0.15, 0.2) is 0 Å². The minimum atomic E-state index is -0.121. The number of anilines is 1. The molecule has 2 aromatic heterocycles. The third kappa shape index (κ3) is 3.39. The molecule has 0 unspecified atom stereocenters. The maximum atomic E-state index is 6.27. The first-order valence-electron chi connectivity index (χ1n) is 8.61. The number of aromatic nitrogens is 3. The predicted octanol–water partition coefficient (Wildman–Crippen LogP) is 1.74. The first-order valence-corrected chi connectivity index (χ1v) is 8.61. The highest BCUT2D eigenvalue weighted by Crippen LogP contribution is 2.30. The Hall–Kier alpha value is -2.05. The Morgan fingerprint density at radius 2 is 1.88 bits per heavy atom. The van der Waals surface area contributed by atoms with E-state index in [4.69, 9.17) is 4.74 Å². The van der Waals surface area contributed by atoms with Gasteiger partial charge in [-0.15, -0.1) is 0 Å². The largest absolute Gasteiger partial charge is 0.370 e. The van der Waals surface area contributed by atoms with E-state index < -0.39 is 0 Å². The fourth-order valence-corrected chi connectivity index (χ4v) is 3.75. The van der Waals surface area contributed by atoms with Gasteiger partial charge in [0, 0.05) is 44.8 Å². The van der Waals surface area contributed by atoms with Crippen molar-refractivity contribution in [1.82, 2.24) is 19.9 Å². The smallest absolute Gasteiger partial charge is 0.225 e. The lowest BCUT2D eigenvalue weighted by Crippen LogP contribution is -2.59. The Labute approximate surface area is 142 Å². The van der Waals surface area contributed by atoms with Gasteiger partial charge in [0.1, 0.15) is 0 Å². The highest BCUT2D eigenvalue weighted by Gasteiger charge is 2.41. The van der Waals surface area contributed by atoms with Crippen LogP contribution in [0.1, 0.15) is 18.5 Å². The summed E-state index contributed by atoms with van der Waals surface area (Å²) in [6.45, 7) is 5.41. The Morgan fingerprint density at radius 1 is 1.00 bits per heavy atom. The van der Waals surface area contributed by atoms with E-state index in [0.717, 1.165) is 63.8 Å². The number of hydrogen-bond donors (Lipinski definition) is 0. The zero-order chi connectivity index (χ0) is 16.2. The molecule has 0 radical (unpaired) electrons. The minimum Gasteiger partial charge on any atom is -0.370 e. The van der Waals surface area contributed by atoms with Gasteiger partial charge in [-0.25, -0.2) is 9.97 Å². The maximum Gasteiger partial charge on any atom is 0.225 e. The highest BCUT2D eigenvalue weighted by molar-refractivity contribution is 5.31. The second-order valence-corrected chi connectivity index (χ2v) is 6.64. The van der Waals surface area contributed by atoms with Crippen LogP contribution in [0.5, 0.6) is 0 Å². The number of morpholine rings is 1. The molecule has 0 aliphatic carbocycles. The molecular formula is C18H23N5O. The molecule has 2 aromatic rings. The molecule has 1 spiro atoms. The number of nitrogens with zero attached hydrogens (tertiary/aromatic N) is 5. The van der Waals surface area contributed by atoms with Crippen LogP contribution in [0.3, 0.4) is 0 Å². The molecule has 0 N–H and O–H groups in total. The minimum absolute atomic E-state index is 0.121. The molecule has 126 valence electrons. The van der Waals surface area contributed by atoms with Gasteiger partial charge in [0.05, 0.1) is 24.4 Å². The Bertz CT molecular complexity index is 649. The molecule has 2 saturated heterocycles. The molecule has 6 nitrogen and oxygen atoms in total. The van der Waals surface area contributed by atoms with Crippen molar-refractivity contribution in [2.24, 2.45) is 0 Å². The summed E-state index contributed by atoms with van der Waals surface area (Å²) in [6.07, 6.45) is 7.67. The molecule has 6 heteroatoms. The highest BCUT2D eigenvalue weighted by atomic mass is 16.5. The van der Waals surface area contributed by atoms with Gasteiger partial charge in [-0.2, -0.15) is 0 Å². The molecule has 2 fully saturated rings. The van der Waals surface area contributed by atoms with Gasteiger partial charge in [0.25, 0.3) is 0 Å². The van der Waals surface area contributed by atoms with E-state index in [2.05, 4.69) is 30.8 Å². The average Bonchev–Trinajstić information content (AvgIpc) is 2.63. The molecule has 2 aliphatic rings. The number of ether oxygens (including phenoxy) is 1. The lowest BCUT2D eigenvalue weighted by molar-refractivity contribution is -0.116. The molecule has 24 heavy (non-hydrogen) atoms. The van der Waals surface area contributed by atoms with Gasteiger partial charge in [-0.3, -0.25) is 9.88 Å². The molecule has 0 bridgehead atoms. The number of piperidine rings is 1. The first kappa shape index (κ1) is 15.5. The van der Waals surface area contributed by atoms with Crippen molar-refractivity contribution >= 4 is 5.95 Å². The van der Waals surface area contributed by atoms with E-state index in [1.807, 2.05) is 24.4 Å². The van der Waals surface area contributed by atoms with Crippen molar-refractivity contribution in [2.45, 2.75) is 25.0 Å². The summed E-state index contributed by atoms with van der Waals surface area (Å²) in [7, 11) is 0. The molecular weight excluding hydrogens is 302 g/mol. The maximum absolute atomic E-state index is 6.27. The van der Waals surface area contributed by atoms with Crippen LogP contribution in [-0.4, -0.2) is 58.2 Å². The van der Waals surface area contributed by atoms with Crippen molar-refractivity contribution < 1.29 is 4.74 Å². The summed E-state index contributed by atoms with van der Waals surface area (Å²) in [5, 5.41) is 0. The van der Waals surface area contributed by atoms with Crippen LogP contribution in [0.15, 0.2) is 42.9 Å². The van der Waals surface area contributed by atoms with Crippen molar-refractivity contribution in [3.05, 3.63) is 48.5 Å². The second kappa shape index (κ2) is 6.83. The van der Waals surface area contributed by atoms with Crippen LogP contribution < -0.4 is 4.90 Å². The van der Waals surface area contributed by atoms with E-state index in [0.29, 0.717) is 0 Å². The third-order valence-electron chi connectivity index (χ3n) is 4.81. The van der Waals surface area contributed by atoms with Gasteiger partial charge in [0.2, 0.25) is 5.95 Å². The van der Waals surface area contributed by atoms with Crippen molar-refractivity contribution in [1.29, 1.82) is 0 Å².